The second kappa shape index (κ2) is 10.6. The summed E-state index contributed by atoms with van der Waals surface area (Å²) >= 11 is 0. The quantitative estimate of drug-likeness (QED) is 0.186. The molecular weight excluding hydrogens is 651 g/mol. The zero-order valence-electron chi connectivity index (χ0n) is 28.6. The van der Waals surface area contributed by atoms with E-state index >= 15 is 0 Å². The Bertz CT molecular complexity index is 2900. The molecule has 4 heteroatoms. The van der Waals surface area contributed by atoms with Gasteiger partial charge in [0.1, 0.15) is 11.2 Å². The highest BCUT2D eigenvalue weighted by molar-refractivity contribution is 6.06. The van der Waals surface area contributed by atoms with Crippen molar-refractivity contribution in [2.45, 2.75) is 17.8 Å². The van der Waals surface area contributed by atoms with Gasteiger partial charge in [0.05, 0.1) is 11.1 Å². The van der Waals surface area contributed by atoms with Crippen molar-refractivity contribution in [3.63, 3.8) is 0 Å². The molecule has 1 aliphatic heterocycles. The molecule has 3 aliphatic carbocycles. The smallest absolute Gasteiger partial charge is 0.178 e. The van der Waals surface area contributed by atoms with Crippen LogP contribution in [0.4, 0.5) is 17.1 Å². The first-order valence-corrected chi connectivity index (χ1v) is 18.3. The third-order valence-corrected chi connectivity index (χ3v) is 11.7. The number of hydrogen-bond acceptors (Lipinski definition) is 4. The van der Waals surface area contributed by atoms with Gasteiger partial charge in [-0.2, -0.15) is 0 Å². The van der Waals surface area contributed by atoms with Gasteiger partial charge in [-0.1, -0.05) is 109 Å². The minimum absolute atomic E-state index is 0.342. The maximum Gasteiger partial charge on any atom is 0.178 e. The number of anilines is 3. The van der Waals surface area contributed by atoms with Crippen LogP contribution in [0, 0.1) is 0 Å². The normalized spacial score (nSPS) is 18.3. The number of fused-ring (bicyclic) bond motifs is 16. The summed E-state index contributed by atoms with van der Waals surface area (Å²) in [7, 11) is 0. The first kappa shape index (κ1) is 28.9. The number of ether oxygens (including phenoxy) is 2. The molecule has 0 amide bonds. The standard InChI is InChI=1S/C49H31NO3/c1-2-12-30(13-3-1)50(31-22-24-36-35-16-7-11-21-42(35)51-45(36)28-31)32-23-26-43-46(29-32)53-48-44(52-43)27-25-41-47(48)37-17-6-10-20-40(37)49(41)38-18-8-4-14-33(38)34-15-5-9-19-39(34)49/h1-14,16-29,34H,15H2. The summed E-state index contributed by atoms with van der Waals surface area (Å²) in [6.07, 6.45) is 7.90. The number of rotatable bonds is 3. The lowest BCUT2D eigenvalue weighted by Crippen LogP contribution is -2.27. The molecule has 250 valence electrons. The van der Waals surface area contributed by atoms with Gasteiger partial charge in [-0.15, -0.1) is 0 Å². The fourth-order valence-electron chi connectivity index (χ4n) is 9.61. The van der Waals surface area contributed by atoms with E-state index in [1.165, 1.54) is 33.4 Å². The molecule has 2 atom stereocenters. The molecule has 0 bridgehead atoms. The molecule has 53 heavy (non-hydrogen) atoms. The first-order valence-electron chi connectivity index (χ1n) is 18.3. The van der Waals surface area contributed by atoms with Gasteiger partial charge >= 0.3 is 0 Å². The SMILES string of the molecule is C1=CCC2C(=C1)C1(c3ccccc3-c3c1ccc1c3Oc3cc(N(c4ccccc4)c4ccc5c(c4)oc4ccccc45)ccc3O1)c1ccccc12. The number of nitrogens with zero attached hydrogens (tertiary/aromatic N) is 1. The predicted octanol–water partition coefficient (Wildman–Crippen LogP) is 13.3. The van der Waals surface area contributed by atoms with Crippen molar-refractivity contribution >= 4 is 39.0 Å². The molecule has 0 N–H and O–H groups in total. The number of para-hydroxylation sites is 2. The van der Waals surface area contributed by atoms with Gasteiger partial charge in [-0.3, -0.25) is 0 Å². The maximum absolute atomic E-state index is 7.07. The lowest BCUT2D eigenvalue weighted by molar-refractivity contribution is 0.360. The number of hydrogen-bond donors (Lipinski definition) is 0. The van der Waals surface area contributed by atoms with Crippen LogP contribution in [0.1, 0.15) is 34.6 Å². The Labute approximate surface area is 306 Å². The van der Waals surface area contributed by atoms with Crippen molar-refractivity contribution in [1.29, 1.82) is 0 Å². The summed E-state index contributed by atoms with van der Waals surface area (Å²) in [6, 6.07) is 53.5. The first-order chi connectivity index (χ1) is 26.3. The van der Waals surface area contributed by atoms with Gasteiger partial charge in [-0.05, 0) is 88.3 Å². The summed E-state index contributed by atoms with van der Waals surface area (Å²) in [5, 5.41) is 2.21. The van der Waals surface area contributed by atoms with E-state index in [2.05, 4.69) is 151 Å². The van der Waals surface area contributed by atoms with Crippen molar-refractivity contribution in [3.8, 4) is 34.1 Å². The highest BCUT2D eigenvalue weighted by Crippen LogP contribution is 2.68. The van der Waals surface area contributed by atoms with Crippen LogP contribution in [0.3, 0.4) is 0 Å². The molecule has 0 saturated heterocycles. The second-order valence-corrected chi connectivity index (χ2v) is 14.3. The zero-order valence-corrected chi connectivity index (χ0v) is 28.6. The van der Waals surface area contributed by atoms with E-state index in [1.54, 1.807) is 0 Å². The second-order valence-electron chi connectivity index (χ2n) is 14.3. The third kappa shape index (κ3) is 3.84. The van der Waals surface area contributed by atoms with Gasteiger partial charge in [0.2, 0.25) is 0 Å². The van der Waals surface area contributed by atoms with Crippen LogP contribution in [-0.4, -0.2) is 0 Å². The van der Waals surface area contributed by atoms with Crippen LogP contribution in [-0.2, 0) is 5.41 Å². The fraction of sp³-hybridized carbons (Fsp3) is 0.0612. The van der Waals surface area contributed by atoms with Gasteiger partial charge in [-0.25, -0.2) is 0 Å². The number of benzene rings is 7. The molecule has 4 aliphatic rings. The topological polar surface area (TPSA) is 34.8 Å². The van der Waals surface area contributed by atoms with E-state index in [0.29, 0.717) is 17.4 Å². The fourth-order valence-corrected chi connectivity index (χ4v) is 9.61. The Morgan fingerprint density at radius 2 is 1.30 bits per heavy atom. The highest BCUT2D eigenvalue weighted by Gasteiger charge is 2.56. The Morgan fingerprint density at radius 3 is 2.25 bits per heavy atom. The van der Waals surface area contributed by atoms with E-state index in [9.17, 15) is 0 Å². The minimum Gasteiger partial charge on any atom is -0.456 e. The molecule has 7 aromatic carbocycles. The Morgan fingerprint density at radius 1 is 0.547 bits per heavy atom. The van der Waals surface area contributed by atoms with Crippen LogP contribution < -0.4 is 14.4 Å². The van der Waals surface area contributed by atoms with Crippen molar-refractivity contribution in [1.82, 2.24) is 0 Å². The molecule has 12 rings (SSSR count). The van der Waals surface area contributed by atoms with Crippen molar-refractivity contribution in [2.24, 2.45) is 0 Å². The summed E-state index contributed by atoms with van der Waals surface area (Å²) in [6.45, 7) is 0. The van der Waals surface area contributed by atoms with Crippen molar-refractivity contribution in [2.75, 3.05) is 4.90 Å². The van der Waals surface area contributed by atoms with E-state index in [-0.39, 0.29) is 0 Å². The summed E-state index contributed by atoms with van der Waals surface area (Å²) in [4.78, 5) is 2.24. The highest BCUT2D eigenvalue weighted by atomic mass is 16.6. The molecule has 0 radical (unpaired) electrons. The molecule has 8 aromatic rings. The van der Waals surface area contributed by atoms with Crippen LogP contribution >= 0.6 is 0 Å². The average molecular weight is 682 g/mol. The molecular formula is C49H31NO3. The van der Waals surface area contributed by atoms with E-state index in [4.69, 9.17) is 13.9 Å². The summed E-state index contributed by atoms with van der Waals surface area (Å²) in [5.74, 6) is 3.20. The Balaban J connectivity index is 1.02. The summed E-state index contributed by atoms with van der Waals surface area (Å²) < 4.78 is 20.1. The molecule has 1 aromatic heterocycles. The van der Waals surface area contributed by atoms with E-state index < -0.39 is 5.41 Å². The average Bonchev–Trinajstić information content (AvgIpc) is 3.84. The van der Waals surface area contributed by atoms with Gasteiger partial charge in [0.25, 0.3) is 0 Å². The molecule has 2 heterocycles. The third-order valence-electron chi connectivity index (χ3n) is 11.7. The van der Waals surface area contributed by atoms with Crippen molar-refractivity contribution in [3.05, 3.63) is 198 Å². The van der Waals surface area contributed by atoms with E-state index in [0.717, 1.165) is 62.5 Å². The predicted molar refractivity (Wildman–Crippen MR) is 211 cm³/mol. The maximum atomic E-state index is 7.07. The van der Waals surface area contributed by atoms with Crippen LogP contribution in [0.2, 0.25) is 0 Å². The monoisotopic (exact) mass is 681 g/mol. The van der Waals surface area contributed by atoms with Gasteiger partial charge in [0.15, 0.2) is 23.0 Å². The number of furan rings is 1. The minimum atomic E-state index is -0.391. The van der Waals surface area contributed by atoms with Gasteiger partial charge < -0.3 is 18.8 Å². The van der Waals surface area contributed by atoms with E-state index in [1.807, 2.05) is 24.3 Å². The van der Waals surface area contributed by atoms with Crippen LogP contribution in [0.25, 0.3) is 33.1 Å². The van der Waals surface area contributed by atoms with Crippen LogP contribution in [0.15, 0.2) is 180 Å². The lowest BCUT2D eigenvalue weighted by Gasteiger charge is -2.33. The van der Waals surface area contributed by atoms with Gasteiger partial charge in [0, 0.05) is 45.8 Å². The summed E-state index contributed by atoms with van der Waals surface area (Å²) in [5.41, 5.74) is 13.4. The molecule has 2 unspecified atom stereocenters. The molecule has 4 nitrogen and oxygen atoms in total. The lowest BCUT2D eigenvalue weighted by atomic mass is 9.69. The molecule has 1 spiro atoms. The van der Waals surface area contributed by atoms with Crippen LogP contribution in [0.5, 0.6) is 23.0 Å². The largest absolute Gasteiger partial charge is 0.456 e. The van der Waals surface area contributed by atoms with Crippen molar-refractivity contribution < 1.29 is 13.9 Å². The molecule has 0 fully saturated rings. The number of allylic oxidation sites excluding steroid dienone is 4. The zero-order chi connectivity index (χ0) is 34.7. The molecule has 0 saturated carbocycles. The Kier molecular flexibility index (Phi) is 5.79. The Hall–Kier alpha value is -6.78.